The van der Waals surface area contributed by atoms with Gasteiger partial charge in [-0.05, 0) is 65.1 Å². The minimum absolute atomic E-state index is 0.244. The standard InChI is InChI=1S/C15H27F3N2O/c1-20-8-3-5-12(7-9-20)19-13-4-2-6-14(10-13)21-11-15(16,17)18/h12-14,19H,2-11H2,1H3. The van der Waals surface area contributed by atoms with Gasteiger partial charge in [0.2, 0.25) is 0 Å². The molecule has 124 valence electrons. The summed E-state index contributed by atoms with van der Waals surface area (Å²) in [5, 5.41) is 3.66. The summed E-state index contributed by atoms with van der Waals surface area (Å²) >= 11 is 0. The summed E-state index contributed by atoms with van der Waals surface area (Å²) in [5.74, 6) is 0. The monoisotopic (exact) mass is 308 g/mol. The van der Waals surface area contributed by atoms with Crippen molar-refractivity contribution in [3.8, 4) is 0 Å². The van der Waals surface area contributed by atoms with Gasteiger partial charge in [-0.15, -0.1) is 0 Å². The lowest BCUT2D eigenvalue weighted by Crippen LogP contribution is -2.43. The van der Waals surface area contributed by atoms with Crippen LogP contribution in [0.15, 0.2) is 0 Å². The number of alkyl halides is 3. The predicted octanol–water partition coefficient (Wildman–Crippen LogP) is 2.95. The second-order valence-electron chi connectivity index (χ2n) is 6.51. The third-order valence-electron chi connectivity index (χ3n) is 4.53. The van der Waals surface area contributed by atoms with Gasteiger partial charge in [-0.3, -0.25) is 0 Å². The average Bonchev–Trinajstić information content (AvgIpc) is 2.61. The molecule has 0 aromatic heterocycles. The van der Waals surface area contributed by atoms with Crippen LogP contribution in [0.3, 0.4) is 0 Å². The van der Waals surface area contributed by atoms with Gasteiger partial charge in [-0.25, -0.2) is 0 Å². The molecule has 0 amide bonds. The Morgan fingerprint density at radius 3 is 2.57 bits per heavy atom. The number of hydrogen-bond acceptors (Lipinski definition) is 3. The highest BCUT2D eigenvalue weighted by molar-refractivity contribution is 4.83. The number of likely N-dealkylation sites (tertiary alicyclic amines) is 1. The fourth-order valence-corrected chi connectivity index (χ4v) is 3.40. The van der Waals surface area contributed by atoms with Crippen molar-refractivity contribution in [1.82, 2.24) is 10.2 Å². The summed E-state index contributed by atoms with van der Waals surface area (Å²) in [6, 6.07) is 0.812. The molecule has 3 nitrogen and oxygen atoms in total. The molecule has 2 rings (SSSR count). The van der Waals surface area contributed by atoms with Crippen LogP contribution in [-0.2, 0) is 4.74 Å². The van der Waals surface area contributed by atoms with Gasteiger partial charge in [0.15, 0.2) is 0 Å². The van der Waals surface area contributed by atoms with Crippen molar-refractivity contribution in [3.63, 3.8) is 0 Å². The van der Waals surface area contributed by atoms with E-state index in [0.717, 1.165) is 45.2 Å². The van der Waals surface area contributed by atoms with Gasteiger partial charge in [0.1, 0.15) is 6.61 Å². The van der Waals surface area contributed by atoms with Gasteiger partial charge < -0.3 is 15.0 Å². The molecule has 0 aromatic rings. The first-order valence-corrected chi connectivity index (χ1v) is 8.05. The van der Waals surface area contributed by atoms with Crippen molar-refractivity contribution >= 4 is 0 Å². The van der Waals surface area contributed by atoms with Crippen molar-refractivity contribution in [3.05, 3.63) is 0 Å². The Morgan fingerprint density at radius 2 is 1.81 bits per heavy atom. The van der Waals surface area contributed by atoms with E-state index in [1.54, 1.807) is 0 Å². The molecule has 0 spiro atoms. The van der Waals surface area contributed by atoms with Crippen LogP contribution in [0.4, 0.5) is 13.2 Å². The van der Waals surface area contributed by atoms with Gasteiger partial charge in [-0.1, -0.05) is 0 Å². The van der Waals surface area contributed by atoms with Gasteiger partial charge in [-0.2, -0.15) is 13.2 Å². The molecule has 2 fully saturated rings. The zero-order chi connectivity index (χ0) is 15.3. The second-order valence-corrected chi connectivity index (χ2v) is 6.51. The van der Waals surface area contributed by atoms with Gasteiger partial charge in [0.05, 0.1) is 6.10 Å². The van der Waals surface area contributed by atoms with E-state index in [4.69, 9.17) is 4.74 Å². The Labute approximate surface area is 125 Å². The topological polar surface area (TPSA) is 24.5 Å². The average molecular weight is 308 g/mol. The third-order valence-corrected chi connectivity index (χ3v) is 4.53. The number of ether oxygens (including phenoxy) is 1. The van der Waals surface area contributed by atoms with E-state index in [0.29, 0.717) is 18.5 Å². The SMILES string of the molecule is CN1CCCC(NC2CCCC(OCC(F)(F)F)C2)CC1. The highest BCUT2D eigenvalue weighted by Crippen LogP contribution is 2.25. The van der Waals surface area contributed by atoms with Crippen LogP contribution in [0.1, 0.15) is 44.9 Å². The second kappa shape index (κ2) is 7.79. The van der Waals surface area contributed by atoms with Crippen LogP contribution < -0.4 is 5.32 Å². The van der Waals surface area contributed by atoms with Crippen molar-refractivity contribution in [1.29, 1.82) is 0 Å². The van der Waals surface area contributed by atoms with Crippen molar-refractivity contribution < 1.29 is 17.9 Å². The molecule has 21 heavy (non-hydrogen) atoms. The van der Waals surface area contributed by atoms with Crippen LogP contribution >= 0.6 is 0 Å². The fraction of sp³-hybridized carbons (Fsp3) is 1.00. The Kier molecular flexibility index (Phi) is 6.32. The summed E-state index contributed by atoms with van der Waals surface area (Å²) in [7, 11) is 2.14. The first-order chi connectivity index (χ1) is 9.92. The fourth-order valence-electron chi connectivity index (χ4n) is 3.40. The molecule has 2 aliphatic rings. The highest BCUT2D eigenvalue weighted by atomic mass is 19.4. The Hall–Kier alpha value is -0.330. The van der Waals surface area contributed by atoms with Crippen LogP contribution in [0, 0.1) is 0 Å². The molecular formula is C15H27F3N2O. The van der Waals surface area contributed by atoms with Crippen molar-refractivity contribution in [2.75, 3.05) is 26.7 Å². The van der Waals surface area contributed by atoms with E-state index in [-0.39, 0.29) is 6.10 Å². The van der Waals surface area contributed by atoms with E-state index in [2.05, 4.69) is 17.3 Å². The molecule has 0 bridgehead atoms. The van der Waals surface area contributed by atoms with E-state index in [1.807, 2.05) is 0 Å². The lowest BCUT2D eigenvalue weighted by atomic mass is 9.91. The maximum absolute atomic E-state index is 12.2. The van der Waals surface area contributed by atoms with Gasteiger partial charge >= 0.3 is 6.18 Å². The number of nitrogens with one attached hydrogen (secondary N) is 1. The lowest BCUT2D eigenvalue weighted by molar-refractivity contribution is -0.188. The molecule has 1 saturated carbocycles. The minimum atomic E-state index is -4.22. The summed E-state index contributed by atoms with van der Waals surface area (Å²) < 4.78 is 41.7. The van der Waals surface area contributed by atoms with Crippen molar-refractivity contribution in [2.45, 2.75) is 69.3 Å². The molecule has 1 aliphatic carbocycles. The Morgan fingerprint density at radius 1 is 1.05 bits per heavy atom. The van der Waals surface area contributed by atoms with E-state index in [1.165, 1.54) is 6.42 Å². The first kappa shape index (κ1) is 17.0. The number of hydrogen-bond donors (Lipinski definition) is 1. The predicted molar refractivity (Wildman–Crippen MR) is 76.3 cm³/mol. The molecule has 3 atom stereocenters. The minimum Gasteiger partial charge on any atom is -0.369 e. The number of halogens is 3. The maximum atomic E-state index is 12.2. The van der Waals surface area contributed by atoms with Crippen LogP contribution in [-0.4, -0.2) is 56.0 Å². The summed E-state index contributed by atoms with van der Waals surface area (Å²) in [6.07, 6.45) is 2.48. The lowest BCUT2D eigenvalue weighted by Gasteiger charge is -2.32. The maximum Gasteiger partial charge on any atom is 0.411 e. The summed E-state index contributed by atoms with van der Waals surface area (Å²) in [4.78, 5) is 2.35. The molecular weight excluding hydrogens is 281 g/mol. The van der Waals surface area contributed by atoms with Gasteiger partial charge in [0, 0.05) is 12.1 Å². The Balaban J connectivity index is 1.73. The first-order valence-electron chi connectivity index (χ1n) is 8.05. The molecule has 1 heterocycles. The Bertz CT molecular complexity index is 312. The normalized spacial score (nSPS) is 32.9. The van der Waals surface area contributed by atoms with Gasteiger partial charge in [0.25, 0.3) is 0 Å². The van der Waals surface area contributed by atoms with Crippen LogP contribution in [0.2, 0.25) is 0 Å². The van der Waals surface area contributed by atoms with E-state index >= 15 is 0 Å². The zero-order valence-electron chi connectivity index (χ0n) is 12.8. The van der Waals surface area contributed by atoms with E-state index < -0.39 is 12.8 Å². The molecule has 1 aliphatic heterocycles. The molecule has 1 N–H and O–H groups in total. The molecule has 0 radical (unpaired) electrons. The van der Waals surface area contributed by atoms with Crippen LogP contribution in [0.5, 0.6) is 0 Å². The smallest absolute Gasteiger partial charge is 0.369 e. The molecule has 0 aromatic carbocycles. The zero-order valence-corrected chi connectivity index (χ0v) is 12.8. The van der Waals surface area contributed by atoms with E-state index in [9.17, 15) is 13.2 Å². The molecule has 1 saturated heterocycles. The number of nitrogens with zero attached hydrogens (tertiary/aromatic N) is 1. The molecule has 3 unspecified atom stereocenters. The largest absolute Gasteiger partial charge is 0.411 e. The summed E-state index contributed by atoms with van der Waals surface area (Å²) in [6.45, 7) is 1.12. The number of rotatable bonds is 4. The molecule has 6 heteroatoms. The van der Waals surface area contributed by atoms with Crippen molar-refractivity contribution in [2.24, 2.45) is 0 Å². The quantitative estimate of drug-likeness (QED) is 0.864. The van der Waals surface area contributed by atoms with Crippen LogP contribution in [0.25, 0.3) is 0 Å². The highest BCUT2D eigenvalue weighted by Gasteiger charge is 2.31. The third kappa shape index (κ3) is 6.53. The summed E-state index contributed by atoms with van der Waals surface area (Å²) in [5.41, 5.74) is 0.